The van der Waals surface area contributed by atoms with Gasteiger partial charge >= 0.3 is 0 Å². The van der Waals surface area contributed by atoms with Gasteiger partial charge in [0, 0.05) is 19.7 Å². The molecule has 2 atom stereocenters. The Morgan fingerprint density at radius 1 is 1.43 bits per heavy atom. The molecular weight excluding hydrogens is 264 g/mol. The van der Waals surface area contributed by atoms with Gasteiger partial charge in [-0.15, -0.1) is 0 Å². The number of ether oxygens (including phenoxy) is 1. The van der Waals surface area contributed by atoms with Crippen LogP contribution in [0.1, 0.15) is 38.7 Å². The van der Waals surface area contributed by atoms with E-state index in [0.717, 1.165) is 38.0 Å². The van der Waals surface area contributed by atoms with E-state index in [1.807, 2.05) is 35.2 Å². The van der Waals surface area contributed by atoms with Gasteiger partial charge in [-0.05, 0) is 31.7 Å². The lowest BCUT2D eigenvalue weighted by Gasteiger charge is -2.37. The predicted molar refractivity (Wildman–Crippen MR) is 83.8 cm³/mol. The molecule has 1 aliphatic rings. The molecule has 1 amide bonds. The van der Waals surface area contributed by atoms with Crippen molar-refractivity contribution in [1.29, 1.82) is 0 Å². The first-order valence-electron chi connectivity index (χ1n) is 7.81. The summed E-state index contributed by atoms with van der Waals surface area (Å²) >= 11 is 0. The Labute approximate surface area is 127 Å². The highest BCUT2D eigenvalue weighted by Crippen LogP contribution is 2.23. The summed E-state index contributed by atoms with van der Waals surface area (Å²) in [6.07, 6.45) is 3.15. The lowest BCUT2D eigenvalue weighted by Crippen LogP contribution is -2.54. The average molecular weight is 290 g/mol. The van der Waals surface area contributed by atoms with Crippen molar-refractivity contribution in [3.05, 3.63) is 35.9 Å². The quantitative estimate of drug-likeness (QED) is 0.905. The molecule has 2 N–H and O–H groups in total. The second-order valence-electron chi connectivity index (χ2n) is 5.95. The Morgan fingerprint density at radius 3 is 2.81 bits per heavy atom. The molecule has 1 saturated heterocycles. The number of carbonyl (C=O) groups is 1. The standard InChI is InChI=1S/C17H26N2O2/c1-3-12-21-15-10-7-11-19(13-15)16(20)17(2,18)14-8-5-4-6-9-14/h4-6,8-9,15H,3,7,10-13,18H2,1-2H3. The Hall–Kier alpha value is -1.39. The topological polar surface area (TPSA) is 55.6 Å². The van der Waals surface area contributed by atoms with Gasteiger partial charge < -0.3 is 15.4 Å². The van der Waals surface area contributed by atoms with Gasteiger partial charge in [0.25, 0.3) is 0 Å². The van der Waals surface area contributed by atoms with E-state index in [4.69, 9.17) is 10.5 Å². The van der Waals surface area contributed by atoms with E-state index in [-0.39, 0.29) is 12.0 Å². The summed E-state index contributed by atoms with van der Waals surface area (Å²) in [5, 5.41) is 0. The molecule has 116 valence electrons. The van der Waals surface area contributed by atoms with Gasteiger partial charge in [0.15, 0.2) is 0 Å². The summed E-state index contributed by atoms with van der Waals surface area (Å²) in [7, 11) is 0. The van der Waals surface area contributed by atoms with Crippen LogP contribution in [-0.4, -0.2) is 36.6 Å². The third kappa shape index (κ3) is 3.83. The SMILES string of the molecule is CCCOC1CCCN(C(=O)C(C)(N)c2ccccc2)C1. The van der Waals surface area contributed by atoms with E-state index < -0.39 is 5.54 Å². The van der Waals surface area contributed by atoms with Gasteiger partial charge in [-0.2, -0.15) is 0 Å². The normalized spacial score (nSPS) is 21.9. The van der Waals surface area contributed by atoms with Crippen LogP contribution in [0.15, 0.2) is 30.3 Å². The number of likely N-dealkylation sites (tertiary alicyclic amines) is 1. The molecule has 2 rings (SSSR count). The van der Waals surface area contributed by atoms with Crippen molar-refractivity contribution in [2.45, 2.75) is 44.8 Å². The molecule has 0 saturated carbocycles. The first-order valence-corrected chi connectivity index (χ1v) is 7.81. The molecule has 21 heavy (non-hydrogen) atoms. The number of nitrogens with two attached hydrogens (primary N) is 1. The number of amides is 1. The van der Waals surface area contributed by atoms with Crippen molar-refractivity contribution in [2.24, 2.45) is 5.73 Å². The fourth-order valence-corrected chi connectivity index (χ4v) is 2.78. The van der Waals surface area contributed by atoms with Crippen molar-refractivity contribution >= 4 is 5.91 Å². The number of nitrogens with zero attached hydrogens (tertiary/aromatic N) is 1. The molecule has 4 heteroatoms. The fraction of sp³-hybridized carbons (Fsp3) is 0.588. The Balaban J connectivity index is 2.05. The Kier molecular flexibility index (Phi) is 5.37. The minimum Gasteiger partial charge on any atom is -0.376 e. The number of hydrogen-bond donors (Lipinski definition) is 1. The number of rotatable bonds is 5. The van der Waals surface area contributed by atoms with Crippen LogP contribution in [0.5, 0.6) is 0 Å². The van der Waals surface area contributed by atoms with Crippen LogP contribution in [0.25, 0.3) is 0 Å². The molecule has 1 aromatic carbocycles. The van der Waals surface area contributed by atoms with Gasteiger partial charge in [0.05, 0.1) is 6.10 Å². The first kappa shape index (κ1) is 16.0. The van der Waals surface area contributed by atoms with Crippen LogP contribution in [0.3, 0.4) is 0 Å². The maximum absolute atomic E-state index is 12.8. The van der Waals surface area contributed by atoms with Gasteiger partial charge in [-0.25, -0.2) is 0 Å². The van der Waals surface area contributed by atoms with Crippen LogP contribution >= 0.6 is 0 Å². The van der Waals surface area contributed by atoms with E-state index in [9.17, 15) is 4.79 Å². The maximum Gasteiger partial charge on any atom is 0.247 e. The van der Waals surface area contributed by atoms with Gasteiger partial charge in [0.2, 0.25) is 5.91 Å². The van der Waals surface area contributed by atoms with E-state index >= 15 is 0 Å². The zero-order valence-corrected chi connectivity index (χ0v) is 13.0. The lowest BCUT2D eigenvalue weighted by atomic mass is 9.90. The summed E-state index contributed by atoms with van der Waals surface area (Å²) in [6, 6.07) is 9.58. The molecule has 2 unspecified atom stereocenters. The summed E-state index contributed by atoms with van der Waals surface area (Å²) in [5.41, 5.74) is 6.20. The molecule has 0 spiro atoms. The van der Waals surface area contributed by atoms with Gasteiger partial charge in [0.1, 0.15) is 5.54 Å². The highest BCUT2D eigenvalue weighted by atomic mass is 16.5. The second-order valence-corrected chi connectivity index (χ2v) is 5.95. The van der Waals surface area contributed by atoms with E-state index in [0.29, 0.717) is 6.54 Å². The Morgan fingerprint density at radius 2 is 2.14 bits per heavy atom. The third-order valence-electron chi connectivity index (χ3n) is 4.04. The number of carbonyl (C=O) groups excluding carboxylic acids is 1. The first-order chi connectivity index (χ1) is 10.1. The summed E-state index contributed by atoms with van der Waals surface area (Å²) in [6.45, 7) is 6.06. The number of hydrogen-bond acceptors (Lipinski definition) is 3. The summed E-state index contributed by atoms with van der Waals surface area (Å²) in [4.78, 5) is 14.6. The van der Waals surface area contributed by atoms with Crippen molar-refractivity contribution in [3.8, 4) is 0 Å². The van der Waals surface area contributed by atoms with E-state index in [1.54, 1.807) is 6.92 Å². The zero-order chi connectivity index (χ0) is 15.3. The molecule has 0 bridgehead atoms. The third-order valence-corrected chi connectivity index (χ3v) is 4.04. The molecule has 4 nitrogen and oxygen atoms in total. The molecule has 1 heterocycles. The van der Waals surface area contributed by atoms with Crippen LogP contribution in [0.2, 0.25) is 0 Å². The minimum atomic E-state index is -0.978. The average Bonchev–Trinajstić information content (AvgIpc) is 2.53. The molecule has 0 radical (unpaired) electrons. The summed E-state index contributed by atoms with van der Waals surface area (Å²) < 4.78 is 5.80. The Bertz CT molecular complexity index is 459. The van der Waals surface area contributed by atoms with Crippen LogP contribution < -0.4 is 5.73 Å². The fourth-order valence-electron chi connectivity index (χ4n) is 2.78. The smallest absolute Gasteiger partial charge is 0.247 e. The van der Waals surface area contributed by atoms with Crippen LogP contribution in [0, 0.1) is 0 Å². The van der Waals surface area contributed by atoms with E-state index in [1.165, 1.54) is 0 Å². The minimum absolute atomic E-state index is 0.0153. The van der Waals surface area contributed by atoms with E-state index in [2.05, 4.69) is 6.92 Å². The molecular formula is C17H26N2O2. The molecule has 1 aromatic rings. The van der Waals surface area contributed by atoms with Crippen LogP contribution in [0.4, 0.5) is 0 Å². The number of piperidine rings is 1. The van der Waals surface area contributed by atoms with Crippen molar-refractivity contribution in [3.63, 3.8) is 0 Å². The monoisotopic (exact) mass is 290 g/mol. The van der Waals surface area contributed by atoms with Crippen molar-refractivity contribution in [1.82, 2.24) is 4.90 Å². The maximum atomic E-state index is 12.8. The predicted octanol–water partition coefficient (Wildman–Crippen LogP) is 2.28. The molecule has 0 aromatic heterocycles. The van der Waals surface area contributed by atoms with Gasteiger partial charge in [-0.1, -0.05) is 37.3 Å². The van der Waals surface area contributed by atoms with Gasteiger partial charge in [-0.3, -0.25) is 4.79 Å². The number of benzene rings is 1. The second kappa shape index (κ2) is 7.05. The zero-order valence-electron chi connectivity index (χ0n) is 13.0. The molecule has 0 aliphatic carbocycles. The lowest BCUT2D eigenvalue weighted by molar-refractivity contribution is -0.141. The van der Waals surface area contributed by atoms with Crippen LogP contribution in [-0.2, 0) is 15.1 Å². The molecule has 1 fully saturated rings. The van der Waals surface area contributed by atoms with Crippen molar-refractivity contribution < 1.29 is 9.53 Å². The highest BCUT2D eigenvalue weighted by Gasteiger charge is 2.36. The van der Waals surface area contributed by atoms with Crippen molar-refractivity contribution in [2.75, 3.05) is 19.7 Å². The highest BCUT2D eigenvalue weighted by molar-refractivity contribution is 5.87. The largest absolute Gasteiger partial charge is 0.376 e. The summed E-state index contributed by atoms with van der Waals surface area (Å²) in [5.74, 6) is -0.0153. The molecule has 1 aliphatic heterocycles.